The van der Waals surface area contributed by atoms with E-state index in [-0.39, 0.29) is 17.3 Å². The van der Waals surface area contributed by atoms with Crippen molar-refractivity contribution in [1.82, 2.24) is 19.7 Å². The van der Waals surface area contributed by atoms with Crippen LogP contribution in [0.25, 0.3) is 11.3 Å². The van der Waals surface area contributed by atoms with Crippen molar-refractivity contribution in [3.8, 4) is 11.3 Å². The number of thiazole rings is 1. The van der Waals surface area contributed by atoms with E-state index in [0.717, 1.165) is 17.7 Å². The summed E-state index contributed by atoms with van der Waals surface area (Å²) in [6.45, 7) is 8.78. The van der Waals surface area contributed by atoms with Gasteiger partial charge < -0.3 is 5.32 Å². The first kappa shape index (κ1) is 20.3. The first-order valence-corrected chi connectivity index (χ1v) is 10.9. The Kier molecular flexibility index (Phi) is 6.35. The lowest BCUT2D eigenvalue weighted by Crippen LogP contribution is -2.18. The van der Waals surface area contributed by atoms with E-state index in [9.17, 15) is 9.59 Å². The predicted octanol–water partition coefficient (Wildman–Crippen LogP) is 3.76. The average Bonchev–Trinajstić information content (AvgIpc) is 3.20. The zero-order chi connectivity index (χ0) is 20.3. The van der Waals surface area contributed by atoms with Crippen LogP contribution in [-0.2, 0) is 11.3 Å². The molecule has 7 nitrogen and oxygen atoms in total. The number of H-pyrrole nitrogens is 1. The van der Waals surface area contributed by atoms with Gasteiger partial charge in [0.05, 0.1) is 11.4 Å². The molecule has 0 fully saturated rings. The second-order valence-electron chi connectivity index (χ2n) is 6.61. The van der Waals surface area contributed by atoms with Crippen LogP contribution >= 0.6 is 23.1 Å². The Morgan fingerprint density at radius 2 is 2.00 bits per heavy atom. The standard InChI is InChI=1S/C19H23N5O2S2/c1-5-6-24-18(26)22-23-19(24)28-10-15(25)21-17-20-14(9-27-17)16-12(3)7-11(2)8-13(16)4/h7-9H,5-6,10H2,1-4H3,(H,22,26)(H,20,21,25). The Morgan fingerprint density at radius 1 is 1.29 bits per heavy atom. The fourth-order valence-corrected chi connectivity index (χ4v) is 4.64. The number of amides is 1. The molecule has 28 heavy (non-hydrogen) atoms. The molecule has 1 amide bonds. The topological polar surface area (TPSA) is 92.7 Å². The summed E-state index contributed by atoms with van der Waals surface area (Å²) in [6, 6.07) is 4.27. The van der Waals surface area contributed by atoms with Crippen LogP contribution in [-0.4, -0.2) is 31.4 Å². The molecule has 3 aromatic rings. The van der Waals surface area contributed by atoms with Crippen molar-refractivity contribution < 1.29 is 4.79 Å². The third-order valence-electron chi connectivity index (χ3n) is 4.19. The molecule has 0 atom stereocenters. The zero-order valence-electron chi connectivity index (χ0n) is 16.3. The Morgan fingerprint density at radius 3 is 2.68 bits per heavy atom. The smallest absolute Gasteiger partial charge is 0.301 e. The van der Waals surface area contributed by atoms with Crippen molar-refractivity contribution in [3.05, 3.63) is 44.7 Å². The molecule has 0 saturated heterocycles. The van der Waals surface area contributed by atoms with Crippen molar-refractivity contribution >= 4 is 34.1 Å². The molecule has 0 bridgehead atoms. The van der Waals surface area contributed by atoms with Crippen LogP contribution in [0.5, 0.6) is 0 Å². The number of hydrogen-bond donors (Lipinski definition) is 2. The molecule has 2 heterocycles. The molecule has 1 aromatic carbocycles. The number of benzene rings is 1. The lowest BCUT2D eigenvalue weighted by molar-refractivity contribution is -0.113. The maximum absolute atomic E-state index is 12.3. The van der Waals surface area contributed by atoms with Gasteiger partial charge in [0.15, 0.2) is 10.3 Å². The molecule has 0 saturated carbocycles. The first-order chi connectivity index (χ1) is 13.4. The molecule has 0 aliphatic rings. The molecule has 0 aliphatic heterocycles. The van der Waals surface area contributed by atoms with E-state index < -0.39 is 0 Å². The molecule has 0 unspecified atom stereocenters. The number of anilines is 1. The highest BCUT2D eigenvalue weighted by Gasteiger charge is 2.14. The summed E-state index contributed by atoms with van der Waals surface area (Å²) in [5.74, 6) is -0.0207. The molecular weight excluding hydrogens is 394 g/mol. The third kappa shape index (κ3) is 4.53. The average molecular weight is 418 g/mol. The van der Waals surface area contributed by atoms with Crippen molar-refractivity contribution in [3.63, 3.8) is 0 Å². The Labute approximate surface area is 171 Å². The van der Waals surface area contributed by atoms with E-state index in [1.54, 1.807) is 4.57 Å². The van der Waals surface area contributed by atoms with Crippen molar-refractivity contribution in [1.29, 1.82) is 0 Å². The van der Waals surface area contributed by atoms with E-state index in [1.807, 2.05) is 12.3 Å². The van der Waals surface area contributed by atoms with E-state index in [4.69, 9.17) is 0 Å². The van der Waals surface area contributed by atoms with Gasteiger partial charge in [0.2, 0.25) is 5.91 Å². The molecule has 9 heteroatoms. The molecule has 0 aliphatic carbocycles. The van der Waals surface area contributed by atoms with Gasteiger partial charge in [-0.05, 0) is 38.3 Å². The number of nitrogens with one attached hydrogen (secondary N) is 2. The Balaban J connectivity index is 1.66. The fourth-order valence-electron chi connectivity index (χ4n) is 3.15. The van der Waals surface area contributed by atoms with Crippen LogP contribution in [0.4, 0.5) is 5.13 Å². The van der Waals surface area contributed by atoms with Crippen molar-refractivity contribution in [2.75, 3.05) is 11.1 Å². The van der Waals surface area contributed by atoms with E-state index >= 15 is 0 Å². The van der Waals surface area contributed by atoms with Gasteiger partial charge in [0, 0.05) is 17.5 Å². The lowest BCUT2D eigenvalue weighted by Gasteiger charge is -2.08. The zero-order valence-corrected chi connectivity index (χ0v) is 18.0. The normalized spacial score (nSPS) is 11.0. The maximum Gasteiger partial charge on any atom is 0.343 e. The number of hydrogen-bond acceptors (Lipinski definition) is 6. The van der Waals surface area contributed by atoms with Gasteiger partial charge in [0.1, 0.15) is 0 Å². The van der Waals surface area contributed by atoms with Crippen LogP contribution in [0.2, 0.25) is 0 Å². The molecule has 0 radical (unpaired) electrons. The van der Waals surface area contributed by atoms with Gasteiger partial charge in [-0.15, -0.1) is 16.4 Å². The van der Waals surface area contributed by atoms with Gasteiger partial charge >= 0.3 is 5.69 Å². The quantitative estimate of drug-likeness (QED) is 0.571. The van der Waals surface area contributed by atoms with Crippen LogP contribution in [0.15, 0.2) is 27.5 Å². The number of thioether (sulfide) groups is 1. The monoisotopic (exact) mass is 417 g/mol. The maximum atomic E-state index is 12.3. The Bertz CT molecular complexity index is 1030. The summed E-state index contributed by atoms with van der Waals surface area (Å²) in [5, 5.41) is 12.3. The van der Waals surface area contributed by atoms with E-state index in [2.05, 4.69) is 53.4 Å². The summed E-state index contributed by atoms with van der Waals surface area (Å²) < 4.78 is 1.54. The predicted molar refractivity (Wildman–Crippen MR) is 114 cm³/mol. The SMILES string of the molecule is CCCn1c(SCC(=O)Nc2nc(-c3c(C)cc(C)cc3C)cs2)n[nH]c1=O. The number of aromatic nitrogens is 4. The lowest BCUT2D eigenvalue weighted by atomic mass is 9.98. The summed E-state index contributed by atoms with van der Waals surface area (Å²) in [5.41, 5.74) is 5.29. The molecule has 2 N–H and O–H groups in total. The summed E-state index contributed by atoms with van der Waals surface area (Å²) >= 11 is 2.63. The molecule has 2 aromatic heterocycles. The number of nitrogens with zero attached hydrogens (tertiary/aromatic N) is 3. The number of rotatable bonds is 7. The second-order valence-corrected chi connectivity index (χ2v) is 8.41. The fraction of sp³-hybridized carbons (Fsp3) is 0.368. The summed E-state index contributed by atoms with van der Waals surface area (Å²) in [7, 11) is 0. The minimum atomic E-state index is -0.252. The highest BCUT2D eigenvalue weighted by atomic mass is 32.2. The van der Waals surface area contributed by atoms with Crippen LogP contribution in [0.1, 0.15) is 30.0 Å². The number of carbonyl (C=O) groups excluding carboxylic acids is 1. The van der Waals surface area contributed by atoms with E-state index in [1.165, 1.54) is 39.8 Å². The largest absolute Gasteiger partial charge is 0.343 e. The van der Waals surface area contributed by atoms with Gasteiger partial charge in [-0.25, -0.2) is 14.9 Å². The van der Waals surface area contributed by atoms with Crippen LogP contribution < -0.4 is 11.0 Å². The minimum Gasteiger partial charge on any atom is -0.301 e. The van der Waals surface area contributed by atoms with Crippen molar-refractivity contribution in [2.24, 2.45) is 0 Å². The van der Waals surface area contributed by atoms with Crippen LogP contribution in [0, 0.1) is 20.8 Å². The summed E-state index contributed by atoms with van der Waals surface area (Å²) in [4.78, 5) is 28.6. The van der Waals surface area contributed by atoms with Gasteiger partial charge in [0.25, 0.3) is 0 Å². The van der Waals surface area contributed by atoms with Crippen molar-refractivity contribution in [2.45, 2.75) is 45.8 Å². The Hall–Kier alpha value is -2.39. The van der Waals surface area contributed by atoms with Gasteiger partial charge in [-0.2, -0.15) is 0 Å². The molecule has 148 valence electrons. The molecule has 3 rings (SSSR count). The number of aryl methyl sites for hydroxylation is 3. The molecular formula is C19H23N5O2S2. The highest BCUT2D eigenvalue weighted by molar-refractivity contribution is 7.99. The number of carbonyl (C=O) groups is 1. The summed E-state index contributed by atoms with van der Waals surface area (Å²) in [6.07, 6.45) is 0.818. The van der Waals surface area contributed by atoms with Crippen LogP contribution in [0.3, 0.4) is 0 Å². The minimum absolute atomic E-state index is 0.158. The van der Waals surface area contributed by atoms with Gasteiger partial charge in [-0.3, -0.25) is 9.36 Å². The van der Waals surface area contributed by atoms with Gasteiger partial charge in [-0.1, -0.05) is 36.4 Å². The third-order valence-corrected chi connectivity index (χ3v) is 5.92. The molecule has 0 spiro atoms. The number of aromatic amines is 1. The van der Waals surface area contributed by atoms with E-state index in [0.29, 0.717) is 16.8 Å². The first-order valence-electron chi connectivity index (χ1n) is 9.00. The second kappa shape index (κ2) is 8.74. The highest BCUT2D eigenvalue weighted by Crippen LogP contribution is 2.31.